The van der Waals surface area contributed by atoms with Crippen molar-refractivity contribution in [3.63, 3.8) is 0 Å². The van der Waals surface area contributed by atoms with Gasteiger partial charge in [-0.25, -0.2) is 8.42 Å². The summed E-state index contributed by atoms with van der Waals surface area (Å²) >= 11 is 1.14. The minimum atomic E-state index is -3.64. The summed E-state index contributed by atoms with van der Waals surface area (Å²) in [5.74, 6) is 0. The number of sulfonamides is 1. The number of benzene rings is 1. The molecule has 0 fully saturated rings. The van der Waals surface area contributed by atoms with E-state index in [1.807, 2.05) is 6.07 Å². The highest BCUT2D eigenvalue weighted by Gasteiger charge is 2.25. The van der Waals surface area contributed by atoms with Crippen molar-refractivity contribution in [2.75, 3.05) is 10.8 Å². The molecule has 2 aromatic rings. The van der Waals surface area contributed by atoms with Crippen molar-refractivity contribution in [3.05, 3.63) is 47.8 Å². The molecule has 0 radical (unpaired) electrons. The number of nitrogens with zero attached hydrogens (tertiary/aromatic N) is 2. The molecule has 4 nitrogen and oxygen atoms in total. The number of hydrogen-bond acceptors (Lipinski definition) is 4. The van der Waals surface area contributed by atoms with Gasteiger partial charge in [0.05, 0.1) is 11.8 Å². The van der Waals surface area contributed by atoms with E-state index in [2.05, 4.69) is 0 Å². The number of nitriles is 1. The summed E-state index contributed by atoms with van der Waals surface area (Å²) in [5.41, 5.74) is 0.493. The third-order valence-electron chi connectivity index (χ3n) is 2.30. The molecule has 0 N–H and O–H groups in total. The van der Waals surface area contributed by atoms with Crippen LogP contribution in [0.3, 0.4) is 0 Å². The van der Waals surface area contributed by atoms with E-state index >= 15 is 0 Å². The van der Waals surface area contributed by atoms with Crippen LogP contribution in [0.25, 0.3) is 0 Å². The zero-order valence-electron chi connectivity index (χ0n) is 9.35. The van der Waals surface area contributed by atoms with Gasteiger partial charge in [0.1, 0.15) is 10.8 Å². The maximum absolute atomic E-state index is 12.4. The van der Waals surface area contributed by atoms with Crippen LogP contribution in [0.1, 0.15) is 0 Å². The smallest absolute Gasteiger partial charge is 0.252 e. The van der Waals surface area contributed by atoms with E-state index < -0.39 is 10.0 Å². The van der Waals surface area contributed by atoms with Crippen LogP contribution in [-0.4, -0.2) is 15.0 Å². The van der Waals surface area contributed by atoms with Crippen LogP contribution in [0, 0.1) is 11.3 Å². The Balaban J connectivity index is 2.47. The summed E-state index contributed by atoms with van der Waals surface area (Å²) in [4.78, 5) is 0. The molecule has 0 aliphatic rings. The second-order valence-corrected chi connectivity index (χ2v) is 6.47. The molecule has 1 aromatic carbocycles. The van der Waals surface area contributed by atoms with Gasteiger partial charge in [-0.1, -0.05) is 24.3 Å². The Labute approximate surface area is 110 Å². The van der Waals surface area contributed by atoms with Gasteiger partial charge >= 0.3 is 0 Å². The second kappa shape index (κ2) is 5.21. The van der Waals surface area contributed by atoms with E-state index in [0.717, 1.165) is 15.6 Å². The van der Waals surface area contributed by atoms with Gasteiger partial charge in [-0.2, -0.15) is 5.26 Å². The van der Waals surface area contributed by atoms with Crippen molar-refractivity contribution in [2.24, 2.45) is 0 Å². The van der Waals surface area contributed by atoms with Crippen LogP contribution < -0.4 is 4.31 Å². The Bertz CT molecular complexity index is 643. The molecule has 0 spiro atoms. The molecule has 6 heteroatoms. The number of anilines is 1. The van der Waals surface area contributed by atoms with Gasteiger partial charge in [0, 0.05) is 0 Å². The molecular weight excluding hydrogens is 268 g/mol. The average Bonchev–Trinajstić information content (AvgIpc) is 2.91. The fourth-order valence-electron chi connectivity index (χ4n) is 1.49. The van der Waals surface area contributed by atoms with Crippen molar-refractivity contribution < 1.29 is 8.42 Å². The molecule has 92 valence electrons. The van der Waals surface area contributed by atoms with Crippen molar-refractivity contribution in [1.82, 2.24) is 0 Å². The summed E-state index contributed by atoms with van der Waals surface area (Å²) in [5, 5.41) is 10.5. The van der Waals surface area contributed by atoms with Crippen molar-refractivity contribution in [3.8, 4) is 6.07 Å². The van der Waals surface area contributed by atoms with Crippen LogP contribution in [0.4, 0.5) is 5.69 Å². The molecule has 18 heavy (non-hydrogen) atoms. The summed E-state index contributed by atoms with van der Waals surface area (Å²) in [6, 6.07) is 13.7. The Morgan fingerprint density at radius 3 is 2.44 bits per heavy atom. The number of para-hydroxylation sites is 1. The molecule has 1 aromatic heterocycles. The Kier molecular flexibility index (Phi) is 3.65. The molecule has 2 rings (SSSR count). The van der Waals surface area contributed by atoms with Gasteiger partial charge < -0.3 is 0 Å². The third kappa shape index (κ3) is 2.37. The number of thiophene rings is 1. The average molecular weight is 278 g/mol. The highest BCUT2D eigenvalue weighted by atomic mass is 32.2. The first-order chi connectivity index (χ1) is 8.66. The lowest BCUT2D eigenvalue weighted by Gasteiger charge is -2.20. The first kappa shape index (κ1) is 12.6. The third-order valence-corrected chi connectivity index (χ3v) is 5.44. The molecular formula is C12H10N2O2S2. The molecule has 0 unspecified atom stereocenters. The Hall–Kier alpha value is -1.84. The topological polar surface area (TPSA) is 61.2 Å². The lowest BCUT2D eigenvalue weighted by atomic mass is 10.3. The molecule has 0 saturated carbocycles. The first-order valence-corrected chi connectivity index (χ1v) is 7.46. The van der Waals surface area contributed by atoms with Crippen LogP contribution in [0.5, 0.6) is 0 Å². The minimum absolute atomic E-state index is 0.204. The van der Waals surface area contributed by atoms with Crippen molar-refractivity contribution >= 4 is 27.0 Å². The predicted octanol–water partition coefficient (Wildman–Crippen LogP) is 2.47. The van der Waals surface area contributed by atoms with Gasteiger partial charge in [-0.05, 0) is 23.6 Å². The van der Waals surface area contributed by atoms with Crippen molar-refractivity contribution in [1.29, 1.82) is 5.26 Å². The maximum atomic E-state index is 12.4. The summed E-state index contributed by atoms with van der Waals surface area (Å²) in [7, 11) is -3.64. The van der Waals surface area contributed by atoms with Crippen LogP contribution in [0.15, 0.2) is 52.1 Å². The maximum Gasteiger partial charge on any atom is 0.274 e. The Morgan fingerprint density at radius 1 is 1.17 bits per heavy atom. The van der Waals surface area contributed by atoms with Crippen LogP contribution >= 0.6 is 11.3 Å². The summed E-state index contributed by atoms with van der Waals surface area (Å²) < 4.78 is 26.1. The monoisotopic (exact) mass is 278 g/mol. The van der Waals surface area contributed by atoms with E-state index in [1.165, 1.54) is 6.07 Å². The normalized spacial score (nSPS) is 10.8. The summed E-state index contributed by atoms with van der Waals surface area (Å²) in [6.45, 7) is -0.204. The standard InChI is InChI=1S/C12H10N2O2S2/c13-8-9-14(11-5-2-1-3-6-11)18(15,16)12-7-4-10-17-12/h1-7,10H,9H2. The SMILES string of the molecule is N#CCN(c1ccccc1)S(=O)(=O)c1cccs1. The number of rotatable bonds is 4. The highest BCUT2D eigenvalue weighted by molar-refractivity contribution is 7.94. The molecule has 0 bridgehead atoms. The fraction of sp³-hybridized carbons (Fsp3) is 0.0833. The van der Waals surface area contributed by atoms with E-state index in [-0.39, 0.29) is 10.8 Å². The van der Waals surface area contributed by atoms with E-state index in [0.29, 0.717) is 5.69 Å². The highest BCUT2D eigenvalue weighted by Crippen LogP contribution is 2.25. The second-order valence-electron chi connectivity index (χ2n) is 3.44. The fourth-order valence-corrected chi connectivity index (χ4v) is 3.96. The largest absolute Gasteiger partial charge is 0.274 e. The first-order valence-electron chi connectivity index (χ1n) is 5.14. The quantitative estimate of drug-likeness (QED) is 0.807. The molecule has 0 aliphatic heterocycles. The van der Waals surface area contributed by atoms with Gasteiger partial charge in [-0.3, -0.25) is 4.31 Å². The van der Waals surface area contributed by atoms with Crippen LogP contribution in [0.2, 0.25) is 0 Å². The van der Waals surface area contributed by atoms with E-state index in [4.69, 9.17) is 5.26 Å². The van der Waals surface area contributed by atoms with Crippen LogP contribution in [-0.2, 0) is 10.0 Å². The van der Waals surface area contributed by atoms with E-state index in [1.54, 1.807) is 41.8 Å². The molecule has 0 saturated heterocycles. The lowest BCUT2D eigenvalue weighted by Crippen LogP contribution is -2.30. The van der Waals surface area contributed by atoms with Gasteiger partial charge in [0.25, 0.3) is 10.0 Å². The van der Waals surface area contributed by atoms with Gasteiger partial charge in [0.15, 0.2) is 0 Å². The zero-order valence-corrected chi connectivity index (χ0v) is 11.0. The number of hydrogen-bond donors (Lipinski definition) is 0. The molecule has 0 amide bonds. The summed E-state index contributed by atoms with van der Waals surface area (Å²) in [6.07, 6.45) is 0. The molecule has 0 atom stereocenters. The lowest BCUT2D eigenvalue weighted by molar-refractivity contribution is 0.595. The minimum Gasteiger partial charge on any atom is -0.252 e. The predicted molar refractivity (Wildman–Crippen MR) is 70.9 cm³/mol. The van der Waals surface area contributed by atoms with Gasteiger partial charge in [-0.15, -0.1) is 11.3 Å². The Morgan fingerprint density at radius 2 is 1.89 bits per heavy atom. The van der Waals surface area contributed by atoms with Gasteiger partial charge in [0.2, 0.25) is 0 Å². The van der Waals surface area contributed by atoms with Crippen molar-refractivity contribution in [2.45, 2.75) is 4.21 Å². The zero-order chi connectivity index (χ0) is 13.0. The molecule has 1 heterocycles. The molecule has 0 aliphatic carbocycles. The van der Waals surface area contributed by atoms with E-state index in [9.17, 15) is 8.42 Å².